The van der Waals surface area contributed by atoms with Crippen LogP contribution in [0.15, 0.2) is 27.4 Å². The molecular formula is C8H4Br3NO5S3. The zero-order valence-corrected chi connectivity index (χ0v) is 16.3. The molecule has 1 aromatic carbocycles. The lowest BCUT2D eigenvalue weighted by atomic mass is 10.3. The Kier molecular flexibility index (Phi) is 5.52. The number of aromatic nitrogens is 1. The van der Waals surface area contributed by atoms with Crippen LogP contribution in [-0.4, -0.2) is 20.1 Å². The molecule has 1 aromatic heterocycles. The number of hydrogen-bond donors (Lipinski definition) is 1. The van der Waals surface area contributed by atoms with E-state index in [9.17, 15) is 8.42 Å². The summed E-state index contributed by atoms with van der Waals surface area (Å²) in [5.41, 5.74) is 0.541. The zero-order valence-electron chi connectivity index (χ0n) is 9.12. The van der Waals surface area contributed by atoms with Gasteiger partial charge in [-0.15, -0.1) is 15.7 Å². The van der Waals surface area contributed by atoms with Gasteiger partial charge in [-0.25, -0.2) is 18.7 Å². The van der Waals surface area contributed by atoms with E-state index in [1.165, 1.54) is 0 Å². The highest BCUT2D eigenvalue weighted by atomic mass is 80.0. The summed E-state index contributed by atoms with van der Waals surface area (Å²) in [5.74, 6) is 0. The molecule has 0 spiro atoms. The van der Waals surface area contributed by atoms with Crippen LogP contribution < -0.4 is 0 Å². The molecule has 12 heteroatoms. The molecule has 0 saturated heterocycles. The maximum Gasteiger partial charge on any atom is 0.241 e. The second kappa shape index (κ2) is 6.46. The smallest absolute Gasteiger partial charge is 0.225 e. The van der Waals surface area contributed by atoms with Gasteiger partial charge in [0.05, 0.1) is 22.3 Å². The summed E-state index contributed by atoms with van der Waals surface area (Å²) < 4.78 is 27.9. The monoisotopic (exact) mass is 527 g/mol. The highest BCUT2D eigenvalue weighted by Gasteiger charge is 2.39. The van der Waals surface area contributed by atoms with Crippen LogP contribution in [-0.2, 0) is 19.2 Å². The number of halogens is 3. The van der Waals surface area contributed by atoms with Crippen molar-refractivity contribution in [3.8, 4) is 0 Å². The first-order valence-corrected chi connectivity index (χ1v) is 10.0. The van der Waals surface area contributed by atoms with Gasteiger partial charge in [-0.1, -0.05) is 5.04 Å². The summed E-state index contributed by atoms with van der Waals surface area (Å²) in [4.78, 5) is 4.71. The summed E-state index contributed by atoms with van der Waals surface area (Å²) in [6.07, 6.45) is 0. The molecular weight excluding hydrogens is 526 g/mol. The Bertz CT molecular complexity index is 727. The van der Waals surface area contributed by atoms with Crippen LogP contribution in [0.1, 0.15) is 0 Å². The number of fused-ring (bicyclic) bond motifs is 1. The molecule has 0 aliphatic carbocycles. The minimum Gasteiger partial charge on any atom is -0.225 e. The molecule has 0 saturated carbocycles. The highest BCUT2D eigenvalue weighted by molar-refractivity contribution is 9.42. The van der Waals surface area contributed by atoms with E-state index in [1.807, 2.05) is 0 Å². The van der Waals surface area contributed by atoms with E-state index >= 15 is 0 Å². The topological polar surface area (TPSA) is 85.7 Å². The number of rotatable bonds is 4. The lowest BCUT2D eigenvalue weighted by Crippen LogP contribution is -2.17. The molecule has 2 aromatic rings. The molecule has 0 amide bonds. The van der Waals surface area contributed by atoms with Gasteiger partial charge in [-0.2, -0.15) is 0 Å². The van der Waals surface area contributed by atoms with Crippen molar-refractivity contribution < 1.29 is 23.0 Å². The predicted molar refractivity (Wildman–Crippen MR) is 87.0 cm³/mol. The van der Waals surface area contributed by atoms with Crippen molar-refractivity contribution in [2.24, 2.45) is 0 Å². The van der Waals surface area contributed by atoms with E-state index in [0.29, 0.717) is 15.1 Å². The molecule has 0 aliphatic heterocycles. The van der Waals surface area contributed by atoms with Gasteiger partial charge in [0, 0.05) is 4.90 Å². The van der Waals surface area contributed by atoms with Crippen molar-refractivity contribution in [3.05, 3.63) is 18.2 Å². The van der Waals surface area contributed by atoms with Gasteiger partial charge in [0.15, 0.2) is 0 Å². The molecule has 2 rings (SSSR count). The van der Waals surface area contributed by atoms with Crippen LogP contribution in [0.3, 0.4) is 0 Å². The van der Waals surface area contributed by atoms with Crippen molar-refractivity contribution in [1.29, 1.82) is 0 Å². The quantitative estimate of drug-likeness (QED) is 0.273. The van der Waals surface area contributed by atoms with Gasteiger partial charge in [0.2, 0.25) is 15.7 Å². The third-order valence-corrected chi connectivity index (χ3v) is 9.33. The fourth-order valence-corrected chi connectivity index (χ4v) is 6.26. The maximum absolute atomic E-state index is 12.2. The number of benzene rings is 1. The van der Waals surface area contributed by atoms with Crippen LogP contribution in [0.4, 0.5) is 0 Å². The van der Waals surface area contributed by atoms with Crippen LogP contribution >= 0.6 is 71.2 Å². The molecule has 1 N–H and O–H groups in total. The van der Waals surface area contributed by atoms with Gasteiger partial charge in [0.25, 0.3) is 0 Å². The minimum absolute atomic E-state index is 0.0420. The first-order valence-electron chi connectivity index (χ1n) is 4.62. The van der Waals surface area contributed by atoms with Gasteiger partial charge in [-0.05, 0) is 66.0 Å². The van der Waals surface area contributed by atoms with Gasteiger partial charge < -0.3 is 0 Å². The molecule has 0 bridgehead atoms. The first kappa shape index (κ1) is 17.1. The number of sulfone groups is 1. The van der Waals surface area contributed by atoms with Gasteiger partial charge in [-0.3, -0.25) is 0 Å². The average molecular weight is 530 g/mol. The second-order valence-electron chi connectivity index (χ2n) is 3.28. The van der Waals surface area contributed by atoms with Crippen LogP contribution in [0, 0.1) is 0 Å². The fourth-order valence-electron chi connectivity index (χ4n) is 1.20. The van der Waals surface area contributed by atoms with E-state index < -0.39 is 11.3 Å². The standard InChI is InChI=1S/C8H4Br3NO5S3/c9-8(10,11)20(14,15)7-12-5-2-1-4(19-17-16-13)3-6(5)18-7/h1-3,13H. The van der Waals surface area contributed by atoms with Crippen LogP contribution in [0.5, 0.6) is 0 Å². The van der Waals surface area contributed by atoms with E-state index in [4.69, 9.17) is 5.26 Å². The van der Waals surface area contributed by atoms with Crippen molar-refractivity contribution in [1.82, 2.24) is 4.98 Å². The first-order chi connectivity index (χ1) is 9.25. The molecule has 0 atom stereocenters. The molecule has 0 unspecified atom stereocenters. The molecule has 1 heterocycles. The third kappa shape index (κ3) is 3.55. The van der Waals surface area contributed by atoms with Crippen molar-refractivity contribution in [3.63, 3.8) is 0 Å². The Labute approximate surface area is 147 Å². The number of hydrogen-bond acceptors (Lipinski definition) is 8. The van der Waals surface area contributed by atoms with E-state index in [1.54, 1.807) is 18.2 Å². The van der Waals surface area contributed by atoms with Gasteiger partial charge >= 0.3 is 0 Å². The third-order valence-electron chi connectivity index (χ3n) is 2.04. The second-order valence-corrected chi connectivity index (χ2v) is 15.7. The van der Waals surface area contributed by atoms with Crippen LogP contribution in [0.25, 0.3) is 10.2 Å². The van der Waals surface area contributed by atoms with E-state index in [2.05, 4.69) is 62.1 Å². The Morgan fingerprint density at radius 3 is 2.65 bits per heavy atom. The van der Waals surface area contributed by atoms with Crippen molar-refractivity contribution in [2.45, 2.75) is 10.7 Å². The minimum atomic E-state index is -3.71. The SMILES string of the molecule is O=S(=O)(c1nc2ccc(SOOO)cc2s1)C(Br)(Br)Br. The van der Waals surface area contributed by atoms with Gasteiger partial charge in [0.1, 0.15) is 0 Å². The zero-order chi connectivity index (χ0) is 15.0. The Morgan fingerprint density at radius 2 is 2.05 bits per heavy atom. The number of nitrogens with zero attached hydrogens (tertiary/aromatic N) is 1. The summed E-state index contributed by atoms with van der Waals surface area (Å²) in [6.45, 7) is 0. The predicted octanol–water partition coefficient (Wildman–Crippen LogP) is 4.29. The highest BCUT2D eigenvalue weighted by Crippen LogP contribution is 2.45. The Hall–Kier alpha value is 0.730. The Morgan fingerprint density at radius 1 is 1.35 bits per heavy atom. The average Bonchev–Trinajstić information content (AvgIpc) is 2.78. The fraction of sp³-hybridized carbons (Fsp3) is 0.125. The number of alkyl halides is 3. The van der Waals surface area contributed by atoms with Crippen molar-refractivity contribution in [2.75, 3.05) is 0 Å². The summed E-state index contributed by atoms with van der Waals surface area (Å²) in [5, 5.41) is 11.6. The molecule has 0 radical (unpaired) electrons. The van der Waals surface area contributed by atoms with E-state index in [-0.39, 0.29) is 4.34 Å². The molecule has 0 fully saturated rings. The summed E-state index contributed by atoms with van der Waals surface area (Å²) >= 11 is 10.8. The maximum atomic E-state index is 12.2. The molecule has 0 aliphatic rings. The lowest BCUT2D eigenvalue weighted by Gasteiger charge is -2.09. The summed E-state index contributed by atoms with van der Waals surface area (Å²) in [7, 11) is -3.71. The largest absolute Gasteiger partial charge is 0.241 e. The Balaban J connectivity index is 2.44. The van der Waals surface area contributed by atoms with Crippen molar-refractivity contribution >= 4 is 91.2 Å². The van der Waals surface area contributed by atoms with Crippen LogP contribution in [0.2, 0.25) is 0 Å². The lowest BCUT2D eigenvalue weighted by molar-refractivity contribution is -0.432. The molecule has 20 heavy (non-hydrogen) atoms. The normalized spacial score (nSPS) is 13.0. The summed E-state index contributed by atoms with van der Waals surface area (Å²) in [6, 6.07) is 4.98. The van der Waals surface area contributed by atoms with E-state index in [0.717, 1.165) is 23.4 Å². The molecule has 110 valence electrons. The number of thiazole rings is 1. The molecule has 6 nitrogen and oxygen atoms in total.